The third-order valence-electron chi connectivity index (χ3n) is 3.94. The van der Waals surface area contributed by atoms with Crippen molar-refractivity contribution < 1.29 is 4.79 Å². The third kappa shape index (κ3) is 5.68. The molecule has 0 aliphatic rings. The number of anilines is 2. The van der Waals surface area contributed by atoms with Crippen molar-refractivity contribution in [1.29, 1.82) is 0 Å². The quantitative estimate of drug-likeness (QED) is 0.691. The Morgan fingerprint density at radius 3 is 2.44 bits per heavy atom. The van der Waals surface area contributed by atoms with Crippen LogP contribution in [0.2, 0.25) is 0 Å². The molecule has 0 aliphatic heterocycles. The van der Waals surface area contributed by atoms with Gasteiger partial charge in [-0.3, -0.25) is 0 Å². The number of hydrogen-bond acceptors (Lipinski definition) is 2. The van der Waals surface area contributed by atoms with Crippen molar-refractivity contribution in [2.24, 2.45) is 0 Å². The van der Waals surface area contributed by atoms with E-state index in [1.165, 1.54) is 0 Å². The molecule has 2 amide bonds. The van der Waals surface area contributed by atoms with E-state index < -0.39 is 5.54 Å². The number of para-hydroxylation sites is 1. The number of hydrogen-bond donors (Lipinski definition) is 3. The molecule has 0 fully saturated rings. The number of benzene rings is 2. The molecule has 0 unspecified atom stereocenters. The Balaban J connectivity index is 1.96. The van der Waals surface area contributed by atoms with Gasteiger partial charge in [0.2, 0.25) is 0 Å². The SMILES string of the molecule is C=C(C)c1ccc(C)c(NC(=O)NC(C)(C)CNc2ccccc2)c1. The number of amides is 2. The Labute approximate surface area is 150 Å². The minimum Gasteiger partial charge on any atom is -0.383 e. The van der Waals surface area contributed by atoms with E-state index in [2.05, 4.69) is 22.5 Å². The van der Waals surface area contributed by atoms with Crippen LogP contribution in [0.1, 0.15) is 31.9 Å². The summed E-state index contributed by atoms with van der Waals surface area (Å²) in [6, 6.07) is 15.7. The molecule has 0 bridgehead atoms. The maximum atomic E-state index is 12.4. The topological polar surface area (TPSA) is 53.2 Å². The van der Waals surface area contributed by atoms with Crippen LogP contribution in [0.25, 0.3) is 5.57 Å². The van der Waals surface area contributed by atoms with Crippen LogP contribution in [-0.4, -0.2) is 18.1 Å². The van der Waals surface area contributed by atoms with Gasteiger partial charge in [-0.05, 0) is 57.0 Å². The zero-order valence-electron chi connectivity index (χ0n) is 15.4. The zero-order valence-corrected chi connectivity index (χ0v) is 15.4. The van der Waals surface area contributed by atoms with Gasteiger partial charge in [-0.15, -0.1) is 0 Å². The first-order chi connectivity index (χ1) is 11.8. The molecular formula is C21H27N3O. The molecule has 2 aromatic rings. The Kier molecular flexibility index (Phi) is 5.86. The predicted octanol–water partition coefficient (Wildman–Crippen LogP) is 5.04. The van der Waals surface area contributed by atoms with Crippen LogP contribution in [0.4, 0.5) is 16.2 Å². The Morgan fingerprint density at radius 1 is 1.12 bits per heavy atom. The summed E-state index contributed by atoms with van der Waals surface area (Å²) in [5.74, 6) is 0. The van der Waals surface area contributed by atoms with E-state index in [4.69, 9.17) is 0 Å². The highest BCUT2D eigenvalue weighted by Crippen LogP contribution is 2.21. The smallest absolute Gasteiger partial charge is 0.319 e. The average Bonchev–Trinajstić information content (AvgIpc) is 2.55. The lowest BCUT2D eigenvalue weighted by Gasteiger charge is -2.27. The highest BCUT2D eigenvalue weighted by atomic mass is 16.2. The number of urea groups is 1. The summed E-state index contributed by atoms with van der Waals surface area (Å²) in [5, 5.41) is 9.29. The highest BCUT2D eigenvalue weighted by Gasteiger charge is 2.20. The summed E-state index contributed by atoms with van der Waals surface area (Å²) in [5.41, 5.74) is 4.43. The first kappa shape index (κ1) is 18.6. The molecule has 2 aromatic carbocycles. The average molecular weight is 337 g/mol. The number of carbonyl (C=O) groups excluding carboxylic acids is 1. The fourth-order valence-electron chi connectivity index (χ4n) is 2.41. The molecule has 0 aliphatic carbocycles. The second-order valence-corrected chi connectivity index (χ2v) is 6.99. The number of carbonyl (C=O) groups is 1. The molecule has 4 heteroatoms. The van der Waals surface area contributed by atoms with E-state index in [1.807, 2.05) is 76.2 Å². The molecule has 0 spiro atoms. The summed E-state index contributed by atoms with van der Waals surface area (Å²) in [6.07, 6.45) is 0. The van der Waals surface area contributed by atoms with Gasteiger partial charge >= 0.3 is 6.03 Å². The lowest BCUT2D eigenvalue weighted by Crippen LogP contribution is -2.50. The van der Waals surface area contributed by atoms with Crippen molar-refractivity contribution >= 4 is 23.0 Å². The molecule has 0 heterocycles. The maximum absolute atomic E-state index is 12.4. The molecule has 25 heavy (non-hydrogen) atoms. The first-order valence-corrected chi connectivity index (χ1v) is 8.41. The molecule has 4 nitrogen and oxygen atoms in total. The normalized spacial score (nSPS) is 10.9. The summed E-state index contributed by atoms with van der Waals surface area (Å²) in [7, 11) is 0. The van der Waals surface area contributed by atoms with Crippen molar-refractivity contribution in [2.75, 3.05) is 17.2 Å². The second kappa shape index (κ2) is 7.88. The number of allylic oxidation sites excluding steroid dienone is 1. The fraction of sp³-hybridized carbons (Fsp3) is 0.286. The van der Waals surface area contributed by atoms with E-state index in [9.17, 15) is 4.79 Å². The number of nitrogens with one attached hydrogen (secondary N) is 3. The number of rotatable bonds is 6. The second-order valence-electron chi connectivity index (χ2n) is 6.99. The minimum atomic E-state index is -0.403. The van der Waals surface area contributed by atoms with Crippen LogP contribution in [-0.2, 0) is 0 Å². The summed E-state index contributed by atoms with van der Waals surface area (Å²) >= 11 is 0. The molecule has 0 saturated carbocycles. The van der Waals surface area contributed by atoms with Crippen LogP contribution in [0.5, 0.6) is 0 Å². The highest BCUT2D eigenvalue weighted by molar-refractivity contribution is 5.91. The van der Waals surface area contributed by atoms with Crippen LogP contribution in [0, 0.1) is 6.92 Å². The van der Waals surface area contributed by atoms with Crippen molar-refractivity contribution in [3.63, 3.8) is 0 Å². The van der Waals surface area contributed by atoms with Crippen LogP contribution in [0.15, 0.2) is 55.1 Å². The van der Waals surface area contributed by atoms with Gasteiger partial charge in [0.15, 0.2) is 0 Å². The van der Waals surface area contributed by atoms with Gasteiger partial charge in [0, 0.05) is 17.9 Å². The zero-order chi connectivity index (χ0) is 18.4. The predicted molar refractivity (Wildman–Crippen MR) is 107 cm³/mol. The third-order valence-corrected chi connectivity index (χ3v) is 3.94. The molecule has 0 aromatic heterocycles. The summed E-state index contributed by atoms with van der Waals surface area (Å²) < 4.78 is 0. The molecule has 3 N–H and O–H groups in total. The van der Waals surface area contributed by atoms with Crippen molar-refractivity contribution in [1.82, 2.24) is 5.32 Å². The van der Waals surface area contributed by atoms with Crippen LogP contribution < -0.4 is 16.0 Å². The first-order valence-electron chi connectivity index (χ1n) is 8.41. The van der Waals surface area contributed by atoms with Crippen molar-refractivity contribution in [2.45, 2.75) is 33.2 Å². The maximum Gasteiger partial charge on any atom is 0.319 e. The minimum absolute atomic E-state index is 0.221. The van der Waals surface area contributed by atoms with Crippen molar-refractivity contribution in [3.8, 4) is 0 Å². The van der Waals surface area contributed by atoms with Gasteiger partial charge in [-0.2, -0.15) is 0 Å². The molecule has 2 rings (SSSR count). The van der Waals surface area contributed by atoms with Gasteiger partial charge in [0.25, 0.3) is 0 Å². The Morgan fingerprint density at radius 2 is 1.80 bits per heavy atom. The van der Waals surface area contributed by atoms with Gasteiger partial charge in [0.1, 0.15) is 0 Å². The monoisotopic (exact) mass is 337 g/mol. The molecule has 132 valence electrons. The van der Waals surface area contributed by atoms with Crippen molar-refractivity contribution in [3.05, 3.63) is 66.2 Å². The molecule has 0 atom stereocenters. The summed E-state index contributed by atoms with van der Waals surface area (Å²) in [6.45, 7) is 12.5. The van der Waals surface area contributed by atoms with E-state index in [-0.39, 0.29) is 6.03 Å². The van der Waals surface area contributed by atoms with E-state index >= 15 is 0 Å². The number of aryl methyl sites for hydroxylation is 1. The lowest BCUT2D eigenvalue weighted by molar-refractivity contribution is 0.243. The van der Waals surface area contributed by atoms with Crippen LogP contribution in [0.3, 0.4) is 0 Å². The Hall–Kier alpha value is -2.75. The van der Waals surface area contributed by atoms with Gasteiger partial charge in [0.05, 0.1) is 5.54 Å². The Bertz CT molecular complexity index is 751. The van der Waals surface area contributed by atoms with Gasteiger partial charge in [-0.25, -0.2) is 4.79 Å². The van der Waals surface area contributed by atoms with E-state index in [0.29, 0.717) is 6.54 Å². The van der Waals surface area contributed by atoms with Crippen LogP contribution >= 0.6 is 0 Å². The van der Waals surface area contributed by atoms with Gasteiger partial charge in [-0.1, -0.05) is 42.5 Å². The lowest BCUT2D eigenvalue weighted by atomic mass is 10.0. The molecule has 0 saturated heterocycles. The molecular weight excluding hydrogens is 310 g/mol. The largest absolute Gasteiger partial charge is 0.383 e. The fourth-order valence-corrected chi connectivity index (χ4v) is 2.41. The summed E-state index contributed by atoms with van der Waals surface area (Å²) in [4.78, 5) is 12.4. The molecule has 0 radical (unpaired) electrons. The van der Waals surface area contributed by atoms with E-state index in [0.717, 1.165) is 28.1 Å². The van der Waals surface area contributed by atoms with Gasteiger partial charge < -0.3 is 16.0 Å². The van der Waals surface area contributed by atoms with E-state index in [1.54, 1.807) is 0 Å². The standard InChI is InChI=1S/C21H27N3O/c1-15(2)17-12-11-16(3)19(13-17)23-20(25)24-21(4,5)14-22-18-9-7-6-8-10-18/h6-13,22H,1,14H2,2-5H3,(H2,23,24,25).